The molecule has 0 aliphatic carbocycles. The zero-order valence-electron chi connectivity index (χ0n) is 8.18. The minimum atomic E-state index is -0.192. The Balaban J connectivity index is 2.43. The smallest absolute Gasteiger partial charge is 0.139 e. The zero-order valence-corrected chi connectivity index (χ0v) is 8.18. The van der Waals surface area contributed by atoms with Crippen LogP contribution in [0.2, 0.25) is 0 Å². The van der Waals surface area contributed by atoms with Crippen molar-refractivity contribution in [3.8, 4) is 0 Å². The molecule has 0 amide bonds. The summed E-state index contributed by atoms with van der Waals surface area (Å²) in [6.07, 6.45) is 0.931. The number of nitrogens with zero attached hydrogens (tertiary/aromatic N) is 1. The van der Waals surface area contributed by atoms with E-state index in [-0.39, 0.29) is 12.1 Å². The predicted octanol–water partition coefficient (Wildman–Crippen LogP) is 0.699. The third kappa shape index (κ3) is 1.35. The maximum Gasteiger partial charge on any atom is 0.139 e. The summed E-state index contributed by atoms with van der Waals surface area (Å²) in [7, 11) is 1.93. The van der Waals surface area contributed by atoms with Crippen LogP contribution in [-0.2, 0) is 11.3 Å². The van der Waals surface area contributed by atoms with E-state index in [0.717, 1.165) is 18.4 Å². The summed E-state index contributed by atoms with van der Waals surface area (Å²) in [6.45, 7) is 0.799. The molecule has 2 unspecified atom stereocenters. The summed E-state index contributed by atoms with van der Waals surface area (Å²) in [5.41, 5.74) is 8.34. The normalized spacial score (nSPS) is 27.0. The average molecular weight is 190 g/mol. The van der Waals surface area contributed by atoms with E-state index in [9.17, 15) is 4.79 Å². The molecule has 2 rings (SSSR count). The molecule has 74 valence electrons. The number of aldehydes is 1. The van der Waals surface area contributed by atoms with Crippen LogP contribution >= 0.6 is 0 Å². The maximum absolute atomic E-state index is 10.9. The topological polar surface area (TPSA) is 46.3 Å². The Kier molecular flexibility index (Phi) is 2.35. The fourth-order valence-electron chi connectivity index (χ4n) is 2.02. The van der Waals surface area contributed by atoms with Crippen molar-refractivity contribution in [3.05, 3.63) is 35.4 Å². The van der Waals surface area contributed by atoms with Gasteiger partial charge in [0.15, 0.2) is 0 Å². The van der Waals surface area contributed by atoms with E-state index < -0.39 is 0 Å². The summed E-state index contributed by atoms with van der Waals surface area (Å²) in [5, 5.41) is 0. The summed E-state index contributed by atoms with van der Waals surface area (Å²) in [5.74, 6) is 0. The summed E-state index contributed by atoms with van der Waals surface area (Å²) in [6, 6.07) is 7.65. The number of carbonyl (C=O) groups excluding carboxylic acids is 1. The van der Waals surface area contributed by atoms with Crippen LogP contribution in [-0.4, -0.2) is 24.3 Å². The highest BCUT2D eigenvalue weighted by atomic mass is 16.1. The highest BCUT2D eigenvalue weighted by molar-refractivity contribution is 5.61. The molecule has 2 atom stereocenters. The molecule has 0 saturated carbocycles. The predicted molar refractivity (Wildman–Crippen MR) is 54.7 cm³/mol. The van der Waals surface area contributed by atoms with Gasteiger partial charge in [0.05, 0.1) is 12.1 Å². The first kappa shape index (κ1) is 9.37. The fourth-order valence-corrected chi connectivity index (χ4v) is 2.02. The molecule has 1 aromatic rings. The Hall–Kier alpha value is -1.19. The molecule has 3 heteroatoms. The number of likely N-dealkylation sites (N-methyl/N-ethyl adjacent to an activating group) is 1. The van der Waals surface area contributed by atoms with Crippen molar-refractivity contribution in [2.45, 2.75) is 18.6 Å². The van der Waals surface area contributed by atoms with Gasteiger partial charge in [-0.05, 0) is 18.2 Å². The van der Waals surface area contributed by atoms with Crippen molar-refractivity contribution in [1.29, 1.82) is 0 Å². The largest absolute Gasteiger partial charge is 0.322 e. The number of hydrogen-bond acceptors (Lipinski definition) is 3. The van der Waals surface area contributed by atoms with Crippen molar-refractivity contribution in [1.82, 2.24) is 4.90 Å². The average Bonchev–Trinajstić information content (AvgIpc) is 2.18. The van der Waals surface area contributed by atoms with Gasteiger partial charge in [0, 0.05) is 6.54 Å². The van der Waals surface area contributed by atoms with E-state index in [4.69, 9.17) is 5.73 Å². The molecule has 0 spiro atoms. The lowest BCUT2D eigenvalue weighted by Gasteiger charge is -2.35. The molecule has 14 heavy (non-hydrogen) atoms. The standard InChI is InChI=1S/C11H14N2O/c1-13-6-8-4-2-3-5-9(8)11(12)10(13)7-14/h2-5,7,10-11H,6,12H2,1H3. The first-order valence-corrected chi connectivity index (χ1v) is 4.73. The fraction of sp³-hybridized carbons (Fsp3) is 0.364. The van der Waals surface area contributed by atoms with Crippen LogP contribution in [0.3, 0.4) is 0 Å². The third-order valence-electron chi connectivity index (χ3n) is 2.85. The van der Waals surface area contributed by atoms with Gasteiger partial charge in [-0.2, -0.15) is 0 Å². The number of nitrogens with two attached hydrogens (primary N) is 1. The second-order valence-electron chi connectivity index (χ2n) is 3.77. The summed E-state index contributed by atoms with van der Waals surface area (Å²) >= 11 is 0. The Morgan fingerprint density at radius 3 is 2.93 bits per heavy atom. The molecule has 0 saturated heterocycles. The van der Waals surface area contributed by atoms with Crippen molar-refractivity contribution in [2.75, 3.05) is 7.05 Å². The van der Waals surface area contributed by atoms with Gasteiger partial charge in [0.25, 0.3) is 0 Å². The van der Waals surface area contributed by atoms with Crippen molar-refractivity contribution in [2.24, 2.45) is 5.73 Å². The minimum absolute atomic E-state index is 0.190. The van der Waals surface area contributed by atoms with Crippen molar-refractivity contribution >= 4 is 6.29 Å². The van der Waals surface area contributed by atoms with Crippen LogP contribution in [0.4, 0.5) is 0 Å². The molecule has 3 nitrogen and oxygen atoms in total. The van der Waals surface area contributed by atoms with Crippen LogP contribution < -0.4 is 5.73 Å². The maximum atomic E-state index is 10.9. The van der Waals surface area contributed by atoms with Gasteiger partial charge in [0.1, 0.15) is 6.29 Å². The lowest BCUT2D eigenvalue weighted by Crippen LogP contribution is -2.45. The van der Waals surface area contributed by atoms with Gasteiger partial charge in [-0.1, -0.05) is 24.3 Å². The number of fused-ring (bicyclic) bond motifs is 1. The second kappa shape index (κ2) is 3.52. The lowest BCUT2D eigenvalue weighted by atomic mass is 9.91. The van der Waals surface area contributed by atoms with Gasteiger partial charge < -0.3 is 10.5 Å². The Morgan fingerprint density at radius 2 is 2.21 bits per heavy atom. The molecule has 2 N–H and O–H groups in total. The van der Waals surface area contributed by atoms with E-state index in [0.29, 0.717) is 0 Å². The van der Waals surface area contributed by atoms with Gasteiger partial charge in [-0.3, -0.25) is 4.90 Å². The number of carbonyl (C=O) groups is 1. The summed E-state index contributed by atoms with van der Waals surface area (Å²) < 4.78 is 0. The Morgan fingerprint density at radius 1 is 1.50 bits per heavy atom. The van der Waals surface area contributed by atoms with E-state index in [1.54, 1.807) is 0 Å². The van der Waals surface area contributed by atoms with Crippen molar-refractivity contribution < 1.29 is 4.79 Å². The molecule has 0 aromatic heterocycles. The van der Waals surface area contributed by atoms with Crippen LogP contribution in [0.1, 0.15) is 17.2 Å². The quantitative estimate of drug-likeness (QED) is 0.663. The zero-order chi connectivity index (χ0) is 10.1. The third-order valence-corrected chi connectivity index (χ3v) is 2.85. The van der Waals surface area contributed by atoms with Crippen LogP contribution in [0.25, 0.3) is 0 Å². The monoisotopic (exact) mass is 190 g/mol. The molecule has 1 aliphatic heterocycles. The molecule has 0 fully saturated rings. The van der Waals surface area contributed by atoms with Crippen LogP contribution in [0, 0.1) is 0 Å². The molecule has 0 bridgehead atoms. The van der Waals surface area contributed by atoms with E-state index in [1.165, 1.54) is 5.56 Å². The van der Waals surface area contributed by atoms with E-state index >= 15 is 0 Å². The van der Waals surface area contributed by atoms with Crippen LogP contribution in [0.15, 0.2) is 24.3 Å². The molecule has 1 aliphatic rings. The van der Waals surface area contributed by atoms with Gasteiger partial charge in [-0.15, -0.1) is 0 Å². The van der Waals surface area contributed by atoms with Gasteiger partial charge >= 0.3 is 0 Å². The highest BCUT2D eigenvalue weighted by Gasteiger charge is 2.29. The molecule has 1 heterocycles. The van der Waals surface area contributed by atoms with Gasteiger partial charge in [-0.25, -0.2) is 0 Å². The number of rotatable bonds is 1. The number of hydrogen-bond donors (Lipinski definition) is 1. The molecular weight excluding hydrogens is 176 g/mol. The highest BCUT2D eigenvalue weighted by Crippen LogP contribution is 2.27. The Labute approximate surface area is 83.5 Å². The Bertz CT molecular complexity index is 351. The first-order chi connectivity index (χ1) is 6.74. The summed E-state index contributed by atoms with van der Waals surface area (Å²) in [4.78, 5) is 12.9. The van der Waals surface area contributed by atoms with E-state index in [2.05, 4.69) is 6.07 Å². The lowest BCUT2D eigenvalue weighted by molar-refractivity contribution is -0.113. The number of benzene rings is 1. The SMILES string of the molecule is CN1Cc2ccccc2C(N)C1C=O. The molecular formula is C11H14N2O. The minimum Gasteiger partial charge on any atom is -0.322 e. The van der Waals surface area contributed by atoms with Crippen LogP contribution in [0.5, 0.6) is 0 Å². The molecule has 1 aromatic carbocycles. The molecule has 0 radical (unpaired) electrons. The van der Waals surface area contributed by atoms with E-state index in [1.807, 2.05) is 30.1 Å². The van der Waals surface area contributed by atoms with Gasteiger partial charge in [0.2, 0.25) is 0 Å². The first-order valence-electron chi connectivity index (χ1n) is 4.73. The second-order valence-corrected chi connectivity index (χ2v) is 3.77. The van der Waals surface area contributed by atoms with Crippen molar-refractivity contribution in [3.63, 3.8) is 0 Å².